The van der Waals surface area contributed by atoms with Crippen LogP contribution in [-0.2, 0) is 10.0 Å². The molecule has 0 saturated heterocycles. The first-order valence-corrected chi connectivity index (χ1v) is 7.93. The van der Waals surface area contributed by atoms with Gasteiger partial charge in [-0.05, 0) is 37.8 Å². The molecular formula is C13H23N3O2S. The van der Waals surface area contributed by atoms with E-state index in [4.69, 9.17) is 5.84 Å². The first kappa shape index (κ1) is 15.9. The van der Waals surface area contributed by atoms with Crippen molar-refractivity contribution in [1.29, 1.82) is 0 Å². The second kappa shape index (κ2) is 6.88. The summed E-state index contributed by atoms with van der Waals surface area (Å²) in [5.41, 5.74) is 2.80. The summed E-state index contributed by atoms with van der Waals surface area (Å²) in [6.07, 6.45) is 1.80. The van der Waals surface area contributed by atoms with Crippen LogP contribution in [0.5, 0.6) is 0 Å². The average molecular weight is 285 g/mol. The first-order chi connectivity index (χ1) is 8.86. The van der Waals surface area contributed by atoms with Gasteiger partial charge >= 0.3 is 0 Å². The van der Waals surface area contributed by atoms with Gasteiger partial charge in [0.25, 0.3) is 0 Å². The predicted molar refractivity (Wildman–Crippen MR) is 78.1 cm³/mol. The number of para-hydroxylation sites is 1. The van der Waals surface area contributed by atoms with Gasteiger partial charge in [-0.1, -0.05) is 26.0 Å². The van der Waals surface area contributed by atoms with Crippen molar-refractivity contribution >= 4 is 15.7 Å². The molecule has 1 unspecified atom stereocenters. The van der Waals surface area contributed by atoms with Gasteiger partial charge in [-0.3, -0.25) is 5.84 Å². The van der Waals surface area contributed by atoms with E-state index in [1.165, 1.54) is 6.07 Å². The molecule has 0 aliphatic carbocycles. The Balaban J connectivity index is 2.81. The number of rotatable bonds is 7. The smallest absolute Gasteiger partial charge is 0.242 e. The molecule has 0 amide bonds. The van der Waals surface area contributed by atoms with E-state index in [1.807, 2.05) is 6.92 Å². The van der Waals surface area contributed by atoms with Crippen molar-refractivity contribution < 1.29 is 8.42 Å². The zero-order valence-electron chi connectivity index (χ0n) is 11.7. The van der Waals surface area contributed by atoms with Gasteiger partial charge in [0, 0.05) is 6.04 Å². The molecule has 1 aromatic rings. The molecule has 108 valence electrons. The van der Waals surface area contributed by atoms with Crippen LogP contribution in [0.1, 0.15) is 33.6 Å². The van der Waals surface area contributed by atoms with Crippen molar-refractivity contribution in [3.05, 3.63) is 24.3 Å². The highest BCUT2D eigenvalue weighted by atomic mass is 32.2. The van der Waals surface area contributed by atoms with Gasteiger partial charge in [0.15, 0.2) is 0 Å². The quantitative estimate of drug-likeness (QED) is 0.529. The topological polar surface area (TPSA) is 84.2 Å². The predicted octanol–water partition coefficient (Wildman–Crippen LogP) is 2.08. The molecule has 0 radical (unpaired) electrons. The SMILES string of the molecule is CC(C)CCC(C)NS(=O)(=O)c1ccccc1NN. The van der Waals surface area contributed by atoms with Gasteiger partial charge < -0.3 is 5.43 Å². The number of benzene rings is 1. The summed E-state index contributed by atoms with van der Waals surface area (Å²) in [6, 6.07) is 6.48. The number of hydrogen-bond donors (Lipinski definition) is 3. The highest BCUT2D eigenvalue weighted by Gasteiger charge is 2.20. The minimum atomic E-state index is -3.54. The largest absolute Gasteiger partial charge is 0.323 e. The van der Waals surface area contributed by atoms with Crippen LogP contribution in [-0.4, -0.2) is 14.5 Å². The normalized spacial score (nSPS) is 13.5. The molecule has 0 aromatic heterocycles. The molecule has 19 heavy (non-hydrogen) atoms. The molecule has 1 aromatic carbocycles. The lowest BCUT2D eigenvalue weighted by molar-refractivity contribution is 0.485. The molecule has 0 saturated carbocycles. The average Bonchev–Trinajstić information content (AvgIpc) is 2.35. The standard InChI is InChI=1S/C13H23N3O2S/c1-10(2)8-9-11(3)16-19(17,18)13-7-5-4-6-12(13)15-14/h4-7,10-11,15-16H,8-9,14H2,1-3H3. The number of hydrogen-bond acceptors (Lipinski definition) is 4. The van der Waals surface area contributed by atoms with E-state index < -0.39 is 10.0 Å². The number of nitrogens with one attached hydrogen (secondary N) is 2. The molecule has 0 fully saturated rings. The van der Waals surface area contributed by atoms with Crippen molar-refractivity contribution in [1.82, 2.24) is 4.72 Å². The lowest BCUT2D eigenvalue weighted by atomic mass is 10.1. The summed E-state index contributed by atoms with van der Waals surface area (Å²) in [5, 5.41) is 0. The van der Waals surface area contributed by atoms with Crippen LogP contribution in [0.15, 0.2) is 29.2 Å². The zero-order valence-corrected chi connectivity index (χ0v) is 12.5. The Morgan fingerprint density at radius 2 is 1.79 bits per heavy atom. The van der Waals surface area contributed by atoms with Crippen LogP contribution in [0.3, 0.4) is 0 Å². The van der Waals surface area contributed by atoms with Crippen molar-refractivity contribution in [3.63, 3.8) is 0 Å². The molecule has 6 heteroatoms. The summed E-state index contributed by atoms with van der Waals surface area (Å²) in [7, 11) is -3.54. The molecule has 1 atom stereocenters. The lowest BCUT2D eigenvalue weighted by Crippen LogP contribution is -2.33. The Kier molecular flexibility index (Phi) is 5.78. The van der Waals surface area contributed by atoms with E-state index >= 15 is 0 Å². The van der Waals surface area contributed by atoms with Gasteiger partial charge in [0.1, 0.15) is 4.90 Å². The molecule has 0 aliphatic rings. The minimum Gasteiger partial charge on any atom is -0.323 e. The second-order valence-corrected chi connectivity index (χ2v) is 6.82. The Hall–Kier alpha value is -1.11. The fourth-order valence-electron chi connectivity index (χ4n) is 1.79. The van der Waals surface area contributed by atoms with Gasteiger partial charge in [0.2, 0.25) is 10.0 Å². The van der Waals surface area contributed by atoms with Gasteiger partial charge in [-0.2, -0.15) is 0 Å². The van der Waals surface area contributed by atoms with Crippen molar-refractivity contribution in [2.75, 3.05) is 5.43 Å². The highest BCUT2D eigenvalue weighted by molar-refractivity contribution is 7.89. The molecule has 0 spiro atoms. The summed E-state index contributed by atoms with van der Waals surface area (Å²) in [5.74, 6) is 5.89. The lowest BCUT2D eigenvalue weighted by Gasteiger charge is -2.16. The third-order valence-electron chi connectivity index (χ3n) is 2.87. The Bertz CT molecular complexity index is 500. The van der Waals surface area contributed by atoms with Crippen molar-refractivity contribution in [3.8, 4) is 0 Å². The minimum absolute atomic E-state index is 0.0989. The van der Waals surface area contributed by atoms with Crippen LogP contribution < -0.4 is 16.0 Å². The molecule has 0 heterocycles. The second-order valence-electron chi connectivity index (χ2n) is 5.13. The summed E-state index contributed by atoms with van der Waals surface area (Å²) >= 11 is 0. The third-order valence-corrected chi connectivity index (χ3v) is 4.51. The molecule has 0 bridgehead atoms. The highest BCUT2D eigenvalue weighted by Crippen LogP contribution is 2.20. The Morgan fingerprint density at radius 3 is 2.37 bits per heavy atom. The maximum atomic E-state index is 12.3. The summed E-state index contributed by atoms with van der Waals surface area (Å²) in [4.78, 5) is 0.175. The van der Waals surface area contributed by atoms with Crippen LogP contribution in [0.25, 0.3) is 0 Å². The number of nitrogens with two attached hydrogens (primary N) is 1. The first-order valence-electron chi connectivity index (χ1n) is 6.44. The van der Waals surface area contributed by atoms with E-state index in [1.54, 1.807) is 18.2 Å². The van der Waals surface area contributed by atoms with Crippen LogP contribution in [0.2, 0.25) is 0 Å². The third kappa shape index (κ3) is 4.81. The monoisotopic (exact) mass is 285 g/mol. The number of anilines is 1. The summed E-state index contributed by atoms with van der Waals surface area (Å²) in [6.45, 7) is 6.11. The molecule has 4 N–H and O–H groups in total. The van der Waals surface area contributed by atoms with E-state index in [-0.39, 0.29) is 10.9 Å². The van der Waals surface area contributed by atoms with Crippen molar-refractivity contribution in [2.45, 2.75) is 44.6 Å². The van der Waals surface area contributed by atoms with E-state index in [2.05, 4.69) is 24.0 Å². The maximum Gasteiger partial charge on any atom is 0.242 e. The van der Waals surface area contributed by atoms with E-state index in [9.17, 15) is 8.42 Å². The van der Waals surface area contributed by atoms with Crippen LogP contribution >= 0.6 is 0 Å². The fraction of sp³-hybridized carbons (Fsp3) is 0.538. The van der Waals surface area contributed by atoms with E-state index in [0.29, 0.717) is 11.6 Å². The Morgan fingerprint density at radius 1 is 1.16 bits per heavy atom. The zero-order chi connectivity index (χ0) is 14.5. The number of hydrazine groups is 1. The van der Waals surface area contributed by atoms with E-state index in [0.717, 1.165) is 12.8 Å². The maximum absolute atomic E-state index is 12.3. The van der Waals surface area contributed by atoms with Crippen LogP contribution in [0.4, 0.5) is 5.69 Å². The molecule has 1 rings (SSSR count). The number of sulfonamides is 1. The molecule has 5 nitrogen and oxygen atoms in total. The van der Waals surface area contributed by atoms with Gasteiger partial charge in [0.05, 0.1) is 5.69 Å². The summed E-state index contributed by atoms with van der Waals surface area (Å²) < 4.78 is 27.2. The van der Waals surface area contributed by atoms with Crippen LogP contribution in [0, 0.1) is 5.92 Å². The molecule has 0 aliphatic heterocycles. The molecular weight excluding hydrogens is 262 g/mol. The van der Waals surface area contributed by atoms with Crippen molar-refractivity contribution in [2.24, 2.45) is 11.8 Å². The fourth-order valence-corrected chi connectivity index (χ4v) is 3.24. The van der Waals surface area contributed by atoms with Gasteiger partial charge in [-0.25, -0.2) is 13.1 Å². The Labute approximate surface area is 115 Å². The number of nitrogen functional groups attached to an aromatic ring is 1. The van der Waals surface area contributed by atoms with Gasteiger partial charge in [-0.15, -0.1) is 0 Å².